The van der Waals surface area contributed by atoms with Gasteiger partial charge in [-0.2, -0.15) is 0 Å². The SMILES string of the molecule is Cl.Cl.c1ccc2c([C@@H](C3CCCC3)N3CCNCC3)cccc2c1. The molecule has 0 spiro atoms. The smallest absolute Gasteiger partial charge is 0.0383 e. The van der Waals surface area contributed by atoms with E-state index in [2.05, 4.69) is 52.7 Å². The third-order valence-corrected chi connectivity index (χ3v) is 5.53. The lowest BCUT2D eigenvalue weighted by Gasteiger charge is -2.39. The van der Waals surface area contributed by atoms with E-state index in [1.807, 2.05) is 0 Å². The maximum atomic E-state index is 3.51. The molecule has 2 fully saturated rings. The predicted molar refractivity (Wildman–Crippen MR) is 108 cm³/mol. The molecule has 1 N–H and O–H groups in total. The largest absolute Gasteiger partial charge is 0.314 e. The van der Waals surface area contributed by atoms with Crippen molar-refractivity contribution < 1.29 is 0 Å². The Labute approximate surface area is 157 Å². The van der Waals surface area contributed by atoms with Crippen molar-refractivity contribution in [1.29, 1.82) is 0 Å². The Morgan fingerprint density at radius 1 is 0.875 bits per heavy atom. The van der Waals surface area contributed by atoms with Crippen LogP contribution < -0.4 is 5.32 Å². The molecule has 2 nitrogen and oxygen atoms in total. The number of piperazine rings is 1. The van der Waals surface area contributed by atoms with Gasteiger partial charge in [-0.05, 0) is 35.1 Å². The minimum absolute atomic E-state index is 0. The molecule has 1 aliphatic heterocycles. The van der Waals surface area contributed by atoms with Crippen LogP contribution in [0.5, 0.6) is 0 Å². The van der Waals surface area contributed by atoms with E-state index in [-0.39, 0.29) is 24.8 Å². The molecule has 1 saturated carbocycles. The van der Waals surface area contributed by atoms with E-state index in [0.29, 0.717) is 6.04 Å². The van der Waals surface area contributed by atoms with Gasteiger partial charge in [0.1, 0.15) is 0 Å². The van der Waals surface area contributed by atoms with E-state index >= 15 is 0 Å². The number of halogens is 2. The van der Waals surface area contributed by atoms with E-state index in [9.17, 15) is 0 Å². The predicted octanol–water partition coefficient (Wildman–Crippen LogP) is 4.82. The highest BCUT2D eigenvalue weighted by molar-refractivity contribution is 5.86. The second kappa shape index (κ2) is 9.05. The van der Waals surface area contributed by atoms with Crippen molar-refractivity contribution in [2.24, 2.45) is 5.92 Å². The second-order valence-electron chi connectivity index (χ2n) is 6.84. The first-order valence-electron chi connectivity index (χ1n) is 8.86. The van der Waals surface area contributed by atoms with Crippen LogP contribution in [0.3, 0.4) is 0 Å². The number of nitrogens with zero attached hydrogens (tertiary/aromatic N) is 1. The minimum Gasteiger partial charge on any atom is -0.314 e. The Kier molecular flexibility index (Phi) is 7.36. The maximum Gasteiger partial charge on any atom is 0.0383 e. The molecular weight excluding hydrogens is 339 g/mol. The lowest BCUT2D eigenvalue weighted by atomic mass is 9.87. The lowest BCUT2D eigenvalue weighted by molar-refractivity contribution is 0.126. The van der Waals surface area contributed by atoms with Gasteiger partial charge in [0.25, 0.3) is 0 Å². The molecule has 1 aliphatic carbocycles. The molecular formula is C20H28Cl2N2. The summed E-state index contributed by atoms with van der Waals surface area (Å²) in [5.41, 5.74) is 1.56. The zero-order valence-electron chi connectivity index (χ0n) is 14.1. The minimum atomic E-state index is 0. The molecule has 2 aromatic carbocycles. The van der Waals surface area contributed by atoms with Crippen LogP contribution in [0.4, 0.5) is 0 Å². The summed E-state index contributed by atoms with van der Waals surface area (Å²) in [6, 6.07) is 16.4. The van der Waals surface area contributed by atoms with E-state index in [0.717, 1.165) is 19.0 Å². The van der Waals surface area contributed by atoms with Gasteiger partial charge in [0.15, 0.2) is 0 Å². The van der Waals surface area contributed by atoms with E-state index in [4.69, 9.17) is 0 Å². The van der Waals surface area contributed by atoms with Crippen molar-refractivity contribution in [3.05, 3.63) is 48.0 Å². The Morgan fingerprint density at radius 3 is 2.29 bits per heavy atom. The van der Waals surface area contributed by atoms with Crippen molar-refractivity contribution in [1.82, 2.24) is 10.2 Å². The Morgan fingerprint density at radius 2 is 1.54 bits per heavy atom. The quantitative estimate of drug-likeness (QED) is 0.837. The molecule has 2 aliphatic rings. The summed E-state index contributed by atoms with van der Waals surface area (Å²) in [5.74, 6) is 0.837. The Bertz CT molecular complexity index is 629. The zero-order valence-corrected chi connectivity index (χ0v) is 15.7. The van der Waals surface area contributed by atoms with Crippen LogP contribution >= 0.6 is 24.8 Å². The number of nitrogens with one attached hydrogen (secondary N) is 1. The van der Waals surface area contributed by atoms with Crippen molar-refractivity contribution in [3.8, 4) is 0 Å². The third-order valence-electron chi connectivity index (χ3n) is 5.53. The molecule has 4 heteroatoms. The molecule has 1 saturated heterocycles. The fraction of sp³-hybridized carbons (Fsp3) is 0.500. The molecule has 0 amide bonds. The summed E-state index contributed by atoms with van der Waals surface area (Å²) in [4.78, 5) is 2.74. The fourth-order valence-corrected chi connectivity index (χ4v) is 4.49. The van der Waals surface area contributed by atoms with Crippen molar-refractivity contribution >= 4 is 35.6 Å². The van der Waals surface area contributed by atoms with Gasteiger partial charge in [0.2, 0.25) is 0 Å². The van der Waals surface area contributed by atoms with E-state index in [1.165, 1.54) is 49.5 Å². The summed E-state index contributed by atoms with van der Waals surface area (Å²) >= 11 is 0. The summed E-state index contributed by atoms with van der Waals surface area (Å²) in [7, 11) is 0. The molecule has 1 heterocycles. The van der Waals surface area contributed by atoms with Crippen molar-refractivity contribution in [2.75, 3.05) is 26.2 Å². The Hall–Kier alpha value is -0.800. The Balaban J connectivity index is 0.00000104. The van der Waals surface area contributed by atoms with Crippen LogP contribution in [0.25, 0.3) is 10.8 Å². The van der Waals surface area contributed by atoms with E-state index in [1.54, 1.807) is 5.56 Å². The maximum absolute atomic E-state index is 3.51. The molecule has 2 aromatic rings. The van der Waals surface area contributed by atoms with Crippen LogP contribution in [0.15, 0.2) is 42.5 Å². The molecule has 1 atom stereocenters. The highest BCUT2D eigenvalue weighted by Gasteiger charge is 2.32. The van der Waals surface area contributed by atoms with Crippen molar-refractivity contribution in [3.63, 3.8) is 0 Å². The average Bonchev–Trinajstić information content (AvgIpc) is 3.11. The molecule has 0 radical (unpaired) electrons. The summed E-state index contributed by atoms with van der Waals surface area (Å²) in [6.07, 6.45) is 5.63. The second-order valence-corrected chi connectivity index (χ2v) is 6.84. The molecule has 0 unspecified atom stereocenters. The highest BCUT2D eigenvalue weighted by Crippen LogP contribution is 2.41. The van der Waals surface area contributed by atoms with Gasteiger partial charge in [-0.1, -0.05) is 55.3 Å². The molecule has 132 valence electrons. The van der Waals surface area contributed by atoms with Crippen LogP contribution in [0, 0.1) is 5.92 Å². The first-order chi connectivity index (χ1) is 10.9. The molecule has 0 aromatic heterocycles. The molecule has 24 heavy (non-hydrogen) atoms. The van der Waals surface area contributed by atoms with Gasteiger partial charge in [-0.3, -0.25) is 4.90 Å². The monoisotopic (exact) mass is 366 g/mol. The standard InChI is InChI=1S/C20H26N2.2ClH/c1-2-8-17(7-1)20(22-14-12-21-13-15-22)19-11-5-9-16-6-3-4-10-18(16)19;;/h3-6,9-11,17,20-21H,1-2,7-8,12-15H2;2*1H/t20-;;/m1../s1. The summed E-state index contributed by atoms with van der Waals surface area (Å²) in [5, 5.41) is 6.35. The normalized spacial score (nSPS) is 20.3. The van der Waals surface area contributed by atoms with Gasteiger partial charge in [0, 0.05) is 32.2 Å². The summed E-state index contributed by atoms with van der Waals surface area (Å²) in [6.45, 7) is 4.64. The topological polar surface area (TPSA) is 15.3 Å². The third kappa shape index (κ3) is 3.88. The number of benzene rings is 2. The molecule has 4 rings (SSSR count). The fourth-order valence-electron chi connectivity index (χ4n) is 4.49. The summed E-state index contributed by atoms with van der Waals surface area (Å²) < 4.78 is 0. The van der Waals surface area contributed by atoms with Crippen molar-refractivity contribution in [2.45, 2.75) is 31.7 Å². The van der Waals surface area contributed by atoms with Gasteiger partial charge >= 0.3 is 0 Å². The van der Waals surface area contributed by atoms with Gasteiger partial charge in [0.05, 0.1) is 0 Å². The number of fused-ring (bicyclic) bond motifs is 1. The van der Waals surface area contributed by atoms with Crippen LogP contribution in [0.1, 0.15) is 37.3 Å². The molecule has 0 bridgehead atoms. The lowest BCUT2D eigenvalue weighted by Crippen LogP contribution is -2.46. The van der Waals surface area contributed by atoms with Gasteiger partial charge < -0.3 is 5.32 Å². The zero-order chi connectivity index (χ0) is 14.8. The number of rotatable bonds is 3. The average molecular weight is 367 g/mol. The number of hydrogen-bond acceptors (Lipinski definition) is 2. The van der Waals surface area contributed by atoms with Gasteiger partial charge in [-0.15, -0.1) is 24.8 Å². The van der Waals surface area contributed by atoms with E-state index < -0.39 is 0 Å². The highest BCUT2D eigenvalue weighted by atomic mass is 35.5. The number of hydrogen-bond donors (Lipinski definition) is 1. The van der Waals surface area contributed by atoms with Gasteiger partial charge in [-0.25, -0.2) is 0 Å². The van der Waals surface area contributed by atoms with Crippen LogP contribution in [-0.4, -0.2) is 31.1 Å². The first kappa shape index (κ1) is 19.5. The van der Waals surface area contributed by atoms with Crippen LogP contribution in [0.2, 0.25) is 0 Å². The van der Waals surface area contributed by atoms with Crippen LogP contribution in [-0.2, 0) is 0 Å². The first-order valence-corrected chi connectivity index (χ1v) is 8.86.